The average Bonchev–Trinajstić information content (AvgIpc) is 3.27. The summed E-state index contributed by atoms with van der Waals surface area (Å²) in [5, 5.41) is 0. The van der Waals surface area contributed by atoms with E-state index in [-0.39, 0.29) is 16.2 Å². The minimum atomic E-state index is -3.64. The monoisotopic (exact) mass is 437 g/mol. The average molecular weight is 438 g/mol. The number of sulfonamides is 1. The van der Waals surface area contributed by atoms with Gasteiger partial charge in [0, 0.05) is 23.5 Å². The van der Waals surface area contributed by atoms with E-state index in [2.05, 4.69) is 10.9 Å². The van der Waals surface area contributed by atoms with E-state index in [1.165, 1.54) is 34.6 Å². The maximum Gasteiger partial charge on any atom is 0.269 e. The molecule has 1 aliphatic heterocycles. The number of hydrazine groups is 1. The zero-order valence-electron chi connectivity index (χ0n) is 15.4. The molecule has 0 saturated carbocycles. The van der Waals surface area contributed by atoms with Gasteiger partial charge in [0.1, 0.15) is 5.82 Å². The van der Waals surface area contributed by atoms with Crippen molar-refractivity contribution in [1.29, 1.82) is 0 Å². The largest absolute Gasteiger partial charge is 0.272 e. The maximum absolute atomic E-state index is 13.5. The molecule has 0 bridgehead atoms. The van der Waals surface area contributed by atoms with Crippen LogP contribution in [-0.2, 0) is 14.8 Å². The number of rotatable bonds is 6. The van der Waals surface area contributed by atoms with Crippen LogP contribution in [-0.4, -0.2) is 43.4 Å². The van der Waals surface area contributed by atoms with E-state index in [4.69, 9.17) is 0 Å². The van der Waals surface area contributed by atoms with Gasteiger partial charge in [0.2, 0.25) is 15.9 Å². The molecular weight excluding hydrogens is 417 g/mol. The predicted octanol–water partition coefficient (Wildman–Crippen LogP) is 2.16. The molecular formula is C19H20FN3O4S2. The highest BCUT2D eigenvalue weighted by Crippen LogP contribution is 2.22. The van der Waals surface area contributed by atoms with Gasteiger partial charge < -0.3 is 0 Å². The van der Waals surface area contributed by atoms with Crippen LogP contribution in [0.25, 0.3) is 0 Å². The molecule has 154 valence electrons. The van der Waals surface area contributed by atoms with Crippen LogP contribution in [0.4, 0.5) is 4.39 Å². The van der Waals surface area contributed by atoms with Gasteiger partial charge in [0.25, 0.3) is 5.91 Å². The Morgan fingerprint density at radius 3 is 2.48 bits per heavy atom. The van der Waals surface area contributed by atoms with Gasteiger partial charge >= 0.3 is 0 Å². The van der Waals surface area contributed by atoms with E-state index in [9.17, 15) is 22.4 Å². The van der Waals surface area contributed by atoms with Crippen molar-refractivity contribution >= 4 is 33.6 Å². The van der Waals surface area contributed by atoms with Crippen LogP contribution in [0.5, 0.6) is 0 Å². The van der Waals surface area contributed by atoms with Gasteiger partial charge in [-0.05, 0) is 43.2 Å². The number of carbonyl (C=O) groups is 2. The Morgan fingerprint density at radius 2 is 1.76 bits per heavy atom. The van der Waals surface area contributed by atoms with Crippen molar-refractivity contribution in [2.45, 2.75) is 22.6 Å². The molecule has 7 nitrogen and oxygen atoms in total. The summed E-state index contributed by atoms with van der Waals surface area (Å²) in [7, 11) is -3.64. The molecule has 2 N–H and O–H groups in total. The lowest BCUT2D eigenvalue weighted by molar-refractivity contribution is -0.119. The Balaban J connectivity index is 1.57. The standard InChI is InChI=1S/C19H20FN3O4S2/c20-16-8-1-2-9-17(16)28-13-18(24)21-22-19(25)14-6-5-7-15(12-14)29(26,27)23-10-3-4-11-23/h1-2,5-9,12H,3-4,10-11,13H2,(H,21,24)(H,22,25). The molecule has 0 spiro atoms. The number of nitrogens with one attached hydrogen (secondary N) is 2. The first-order chi connectivity index (χ1) is 13.9. The van der Waals surface area contributed by atoms with Crippen molar-refractivity contribution in [2.24, 2.45) is 0 Å². The Bertz CT molecular complexity index is 1010. The smallest absolute Gasteiger partial charge is 0.269 e. The fraction of sp³-hybridized carbons (Fsp3) is 0.263. The van der Waals surface area contributed by atoms with Crippen molar-refractivity contribution in [2.75, 3.05) is 18.8 Å². The second-order valence-corrected chi connectivity index (χ2v) is 9.32. The molecule has 10 heteroatoms. The van der Waals surface area contributed by atoms with Gasteiger partial charge in [-0.2, -0.15) is 4.31 Å². The normalized spacial score (nSPS) is 14.5. The first kappa shape index (κ1) is 21.3. The summed E-state index contributed by atoms with van der Waals surface area (Å²) in [6.07, 6.45) is 1.63. The van der Waals surface area contributed by atoms with E-state index in [1.54, 1.807) is 18.2 Å². The lowest BCUT2D eigenvalue weighted by Gasteiger charge is -2.16. The Hall–Kier alpha value is -2.43. The lowest BCUT2D eigenvalue weighted by atomic mass is 10.2. The highest BCUT2D eigenvalue weighted by molar-refractivity contribution is 8.00. The van der Waals surface area contributed by atoms with Crippen LogP contribution < -0.4 is 10.9 Å². The number of halogens is 1. The number of benzene rings is 2. The summed E-state index contributed by atoms with van der Waals surface area (Å²) in [6.45, 7) is 0.934. The van der Waals surface area contributed by atoms with Crippen LogP contribution in [0.3, 0.4) is 0 Å². The molecule has 0 radical (unpaired) electrons. The zero-order chi connectivity index (χ0) is 20.9. The third kappa shape index (κ3) is 5.34. The fourth-order valence-corrected chi connectivity index (χ4v) is 5.12. The quantitative estimate of drug-likeness (QED) is 0.533. The molecule has 1 heterocycles. The van der Waals surface area contributed by atoms with Crippen LogP contribution >= 0.6 is 11.8 Å². The van der Waals surface area contributed by atoms with Gasteiger partial charge in [-0.15, -0.1) is 11.8 Å². The van der Waals surface area contributed by atoms with E-state index in [0.29, 0.717) is 18.0 Å². The van der Waals surface area contributed by atoms with Crippen molar-refractivity contribution in [3.8, 4) is 0 Å². The number of amides is 2. The number of nitrogens with zero attached hydrogens (tertiary/aromatic N) is 1. The van der Waals surface area contributed by atoms with E-state index >= 15 is 0 Å². The number of carbonyl (C=O) groups excluding carboxylic acids is 2. The fourth-order valence-electron chi connectivity index (χ4n) is 2.82. The zero-order valence-corrected chi connectivity index (χ0v) is 17.1. The third-order valence-corrected chi connectivity index (χ3v) is 7.25. The molecule has 1 saturated heterocycles. The first-order valence-electron chi connectivity index (χ1n) is 8.94. The van der Waals surface area contributed by atoms with Crippen molar-refractivity contribution in [3.05, 3.63) is 59.9 Å². The summed E-state index contributed by atoms with van der Waals surface area (Å²) >= 11 is 0.999. The number of thioether (sulfide) groups is 1. The topological polar surface area (TPSA) is 95.6 Å². The van der Waals surface area contributed by atoms with Crippen molar-refractivity contribution in [1.82, 2.24) is 15.2 Å². The summed E-state index contributed by atoms with van der Waals surface area (Å²) in [4.78, 5) is 24.5. The summed E-state index contributed by atoms with van der Waals surface area (Å²) in [6, 6.07) is 11.7. The Kier molecular flexibility index (Phi) is 6.88. The number of hydrogen-bond donors (Lipinski definition) is 2. The molecule has 0 unspecified atom stereocenters. The van der Waals surface area contributed by atoms with Crippen molar-refractivity contribution < 1.29 is 22.4 Å². The van der Waals surface area contributed by atoms with Gasteiger partial charge in [-0.3, -0.25) is 20.4 Å². The predicted molar refractivity (Wildman–Crippen MR) is 107 cm³/mol. The SMILES string of the molecule is O=C(CSc1ccccc1F)NNC(=O)c1cccc(S(=O)(=O)N2CCCC2)c1. The third-order valence-electron chi connectivity index (χ3n) is 4.31. The second kappa shape index (κ2) is 9.38. The van der Waals surface area contributed by atoms with Gasteiger partial charge in [-0.25, -0.2) is 12.8 Å². The maximum atomic E-state index is 13.5. The molecule has 2 aromatic carbocycles. The molecule has 29 heavy (non-hydrogen) atoms. The molecule has 0 aromatic heterocycles. The molecule has 0 aliphatic carbocycles. The Labute approximate surface area is 172 Å². The molecule has 1 aliphatic rings. The van der Waals surface area contributed by atoms with E-state index < -0.39 is 27.7 Å². The van der Waals surface area contributed by atoms with Gasteiger partial charge in [0.05, 0.1) is 10.6 Å². The summed E-state index contributed by atoms with van der Waals surface area (Å²) in [5.74, 6) is -1.68. The van der Waals surface area contributed by atoms with E-state index in [1.807, 2.05) is 0 Å². The minimum absolute atomic E-state index is 0.0356. The molecule has 2 aromatic rings. The molecule has 2 amide bonds. The number of hydrogen-bond acceptors (Lipinski definition) is 5. The molecule has 3 rings (SSSR count). The van der Waals surface area contributed by atoms with Crippen LogP contribution in [0.1, 0.15) is 23.2 Å². The highest BCUT2D eigenvalue weighted by Gasteiger charge is 2.27. The highest BCUT2D eigenvalue weighted by atomic mass is 32.2. The van der Waals surface area contributed by atoms with Crippen LogP contribution in [0.2, 0.25) is 0 Å². The summed E-state index contributed by atoms with van der Waals surface area (Å²) < 4.78 is 40.2. The van der Waals surface area contributed by atoms with Crippen molar-refractivity contribution in [3.63, 3.8) is 0 Å². The molecule has 1 fully saturated rings. The van der Waals surface area contributed by atoms with E-state index in [0.717, 1.165) is 24.6 Å². The van der Waals surface area contributed by atoms with Gasteiger partial charge in [0.15, 0.2) is 0 Å². The molecule has 0 atom stereocenters. The second-order valence-electron chi connectivity index (χ2n) is 6.36. The summed E-state index contributed by atoms with van der Waals surface area (Å²) in [5.41, 5.74) is 4.59. The van der Waals surface area contributed by atoms with Crippen LogP contribution in [0, 0.1) is 5.82 Å². The Morgan fingerprint density at radius 1 is 1.03 bits per heavy atom. The van der Waals surface area contributed by atoms with Gasteiger partial charge in [-0.1, -0.05) is 18.2 Å². The lowest BCUT2D eigenvalue weighted by Crippen LogP contribution is -2.42. The first-order valence-corrected chi connectivity index (χ1v) is 11.4. The van der Waals surface area contributed by atoms with Crippen LogP contribution in [0.15, 0.2) is 58.3 Å². The minimum Gasteiger partial charge on any atom is -0.272 e.